The smallest absolute Gasteiger partial charge is 0.258 e. The Morgan fingerprint density at radius 3 is 2.40 bits per heavy atom. The minimum atomic E-state index is -0.327. The lowest BCUT2D eigenvalue weighted by molar-refractivity contribution is 0.0845. The Hall–Kier alpha value is -2.92. The van der Waals surface area contributed by atoms with Crippen molar-refractivity contribution in [1.29, 1.82) is 0 Å². The molecule has 0 saturated carbocycles. The number of imide groups is 1. The second-order valence-corrected chi connectivity index (χ2v) is 6.44. The van der Waals surface area contributed by atoms with Crippen molar-refractivity contribution in [2.45, 2.75) is 0 Å². The number of nitrogens with one attached hydrogen (secondary N) is 1. The van der Waals surface area contributed by atoms with E-state index in [-0.39, 0.29) is 11.8 Å². The number of carbonyl (C=O) groups excluding carboxylic acids is 2. The van der Waals surface area contributed by atoms with Gasteiger partial charge in [-0.2, -0.15) is 0 Å². The summed E-state index contributed by atoms with van der Waals surface area (Å²) in [4.78, 5) is 27.1. The molecule has 2 aliphatic rings. The average molecular weight is 332 g/mol. The minimum absolute atomic E-state index is 0.326. The molecule has 0 aromatic heterocycles. The van der Waals surface area contributed by atoms with Crippen LogP contribution >= 0.6 is 0 Å². The van der Waals surface area contributed by atoms with Crippen LogP contribution in [0, 0.1) is 0 Å². The van der Waals surface area contributed by atoms with Gasteiger partial charge < -0.3 is 9.64 Å². The molecule has 0 aliphatic carbocycles. The van der Waals surface area contributed by atoms with Crippen LogP contribution in [0.15, 0.2) is 42.5 Å². The number of anilines is 1. The van der Waals surface area contributed by atoms with Crippen molar-refractivity contribution in [3.8, 4) is 0 Å². The maximum absolute atomic E-state index is 12.5. The number of nitrogens with zero attached hydrogens (tertiary/aromatic N) is 1. The molecule has 0 atom stereocenters. The van der Waals surface area contributed by atoms with Gasteiger partial charge in [0.25, 0.3) is 11.8 Å². The Morgan fingerprint density at radius 1 is 0.880 bits per heavy atom. The highest BCUT2D eigenvalue weighted by Gasteiger charge is 2.27. The third-order valence-corrected chi connectivity index (χ3v) is 5.04. The molecule has 5 nitrogen and oxygen atoms in total. The number of hydrogen-bond donors (Lipinski definition) is 1. The first-order valence-electron chi connectivity index (χ1n) is 8.40. The fourth-order valence-electron chi connectivity index (χ4n) is 3.83. The molecule has 5 rings (SSSR count). The van der Waals surface area contributed by atoms with Crippen LogP contribution in [0.2, 0.25) is 0 Å². The van der Waals surface area contributed by atoms with Crippen molar-refractivity contribution in [1.82, 2.24) is 5.32 Å². The van der Waals surface area contributed by atoms with Gasteiger partial charge in [-0.15, -0.1) is 0 Å². The Kier molecular flexibility index (Phi) is 3.05. The van der Waals surface area contributed by atoms with Gasteiger partial charge >= 0.3 is 0 Å². The summed E-state index contributed by atoms with van der Waals surface area (Å²) in [5.41, 5.74) is 2.13. The van der Waals surface area contributed by atoms with Crippen molar-refractivity contribution in [3.63, 3.8) is 0 Å². The summed E-state index contributed by atoms with van der Waals surface area (Å²) in [6.07, 6.45) is 0. The van der Waals surface area contributed by atoms with E-state index in [0.29, 0.717) is 24.3 Å². The lowest BCUT2D eigenvalue weighted by Crippen LogP contribution is -2.37. The number of amides is 2. The SMILES string of the molecule is O=C1NC(=O)c2cc3ccccc3c3cc(N4CCOCC4)cc1c23. The predicted octanol–water partition coefficient (Wildman–Crippen LogP) is 2.71. The van der Waals surface area contributed by atoms with Crippen LogP contribution < -0.4 is 10.2 Å². The lowest BCUT2D eigenvalue weighted by atomic mass is 9.90. The first-order chi connectivity index (χ1) is 12.2. The topological polar surface area (TPSA) is 58.6 Å². The maximum atomic E-state index is 12.5. The quantitative estimate of drug-likeness (QED) is 0.550. The number of hydrogen-bond acceptors (Lipinski definition) is 4. The van der Waals surface area contributed by atoms with E-state index >= 15 is 0 Å². The Morgan fingerprint density at radius 2 is 1.60 bits per heavy atom. The highest BCUT2D eigenvalue weighted by Crippen LogP contribution is 2.36. The molecule has 1 N–H and O–H groups in total. The molecule has 1 fully saturated rings. The largest absolute Gasteiger partial charge is 0.378 e. The fourth-order valence-corrected chi connectivity index (χ4v) is 3.83. The molecule has 0 bridgehead atoms. The number of ether oxygens (including phenoxy) is 1. The summed E-state index contributed by atoms with van der Waals surface area (Å²) in [5, 5.41) is 6.23. The van der Waals surface area contributed by atoms with Crippen LogP contribution in [0.25, 0.3) is 21.5 Å². The molecule has 0 radical (unpaired) electrons. The molecule has 124 valence electrons. The average Bonchev–Trinajstić information content (AvgIpc) is 2.66. The highest BCUT2D eigenvalue weighted by atomic mass is 16.5. The van der Waals surface area contributed by atoms with E-state index in [2.05, 4.69) is 16.3 Å². The normalized spacial score (nSPS) is 17.2. The molecule has 5 heteroatoms. The van der Waals surface area contributed by atoms with Crippen LogP contribution in [-0.2, 0) is 4.74 Å². The first kappa shape index (κ1) is 14.4. The zero-order chi connectivity index (χ0) is 17.0. The molecular formula is C20H16N2O3. The van der Waals surface area contributed by atoms with Gasteiger partial charge in [-0.05, 0) is 34.4 Å². The van der Waals surface area contributed by atoms with Crippen molar-refractivity contribution < 1.29 is 14.3 Å². The molecule has 2 heterocycles. The van der Waals surface area contributed by atoms with E-state index in [0.717, 1.165) is 40.3 Å². The van der Waals surface area contributed by atoms with E-state index in [1.54, 1.807) is 0 Å². The van der Waals surface area contributed by atoms with Crippen LogP contribution in [0.1, 0.15) is 20.7 Å². The van der Waals surface area contributed by atoms with Crippen molar-refractivity contribution >= 4 is 39.0 Å². The van der Waals surface area contributed by atoms with Crippen molar-refractivity contribution in [2.24, 2.45) is 0 Å². The number of morpholine rings is 1. The highest BCUT2D eigenvalue weighted by molar-refractivity contribution is 6.30. The van der Waals surface area contributed by atoms with Gasteiger partial charge in [0.2, 0.25) is 0 Å². The fraction of sp³-hybridized carbons (Fsp3) is 0.200. The van der Waals surface area contributed by atoms with E-state index in [9.17, 15) is 9.59 Å². The van der Waals surface area contributed by atoms with E-state index < -0.39 is 0 Å². The van der Waals surface area contributed by atoms with E-state index in [1.165, 1.54) is 0 Å². The lowest BCUT2D eigenvalue weighted by Gasteiger charge is -2.30. The maximum Gasteiger partial charge on any atom is 0.258 e. The summed E-state index contributed by atoms with van der Waals surface area (Å²) < 4.78 is 5.44. The monoisotopic (exact) mass is 332 g/mol. The zero-order valence-electron chi connectivity index (χ0n) is 13.5. The Labute approximate surface area is 144 Å². The molecule has 2 amide bonds. The van der Waals surface area contributed by atoms with Crippen LogP contribution in [0.4, 0.5) is 5.69 Å². The van der Waals surface area contributed by atoms with Crippen molar-refractivity contribution in [3.05, 3.63) is 53.6 Å². The molecule has 1 saturated heterocycles. The standard InChI is InChI=1S/C20H16N2O3/c23-19-16-9-12-3-1-2-4-14(12)15-10-13(22-5-7-25-8-6-22)11-17(18(15)16)20(24)21-19/h1-4,9-11H,5-8H2,(H,21,23,24). The summed E-state index contributed by atoms with van der Waals surface area (Å²) in [7, 11) is 0. The molecule has 0 unspecified atom stereocenters. The van der Waals surface area contributed by atoms with Gasteiger partial charge in [0, 0.05) is 29.7 Å². The molecular weight excluding hydrogens is 316 g/mol. The van der Waals surface area contributed by atoms with Gasteiger partial charge in [0.1, 0.15) is 0 Å². The summed E-state index contributed by atoms with van der Waals surface area (Å²) in [5.74, 6) is -0.653. The van der Waals surface area contributed by atoms with Crippen molar-refractivity contribution in [2.75, 3.05) is 31.2 Å². The van der Waals surface area contributed by atoms with Gasteiger partial charge in [-0.3, -0.25) is 14.9 Å². The number of fused-ring (bicyclic) bond motifs is 2. The van der Waals surface area contributed by atoms with Crippen LogP contribution in [0.5, 0.6) is 0 Å². The van der Waals surface area contributed by atoms with Gasteiger partial charge in [-0.25, -0.2) is 0 Å². The molecule has 3 aromatic carbocycles. The first-order valence-corrected chi connectivity index (χ1v) is 8.40. The minimum Gasteiger partial charge on any atom is -0.378 e. The van der Waals surface area contributed by atoms with Gasteiger partial charge in [-0.1, -0.05) is 24.3 Å². The molecule has 3 aromatic rings. The second-order valence-electron chi connectivity index (χ2n) is 6.44. The zero-order valence-corrected chi connectivity index (χ0v) is 13.5. The summed E-state index contributed by atoms with van der Waals surface area (Å²) in [6, 6.07) is 13.8. The summed E-state index contributed by atoms with van der Waals surface area (Å²) in [6.45, 7) is 2.95. The van der Waals surface area contributed by atoms with E-state index in [4.69, 9.17) is 4.74 Å². The third-order valence-electron chi connectivity index (χ3n) is 5.04. The van der Waals surface area contributed by atoms with E-state index in [1.807, 2.05) is 36.4 Å². The second kappa shape index (κ2) is 5.29. The molecule has 25 heavy (non-hydrogen) atoms. The van der Waals surface area contributed by atoms with Gasteiger partial charge in [0.15, 0.2) is 0 Å². The Bertz CT molecular complexity index is 1050. The number of carbonyl (C=O) groups is 2. The molecule has 0 spiro atoms. The summed E-state index contributed by atoms with van der Waals surface area (Å²) >= 11 is 0. The third kappa shape index (κ3) is 2.13. The number of benzene rings is 3. The van der Waals surface area contributed by atoms with Gasteiger partial charge in [0.05, 0.1) is 18.8 Å². The molecule has 2 aliphatic heterocycles. The van der Waals surface area contributed by atoms with Crippen LogP contribution in [0.3, 0.4) is 0 Å². The number of rotatable bonds is 1. The Balaban J connectivity index is 1.88. The predicted molar refractivity (Wildman–Crippen MR) is 96.3 cm³/mol. The van der Waals surface area contributed by atoms with Crippen LogP contribution in [-0.4, -0.2) is 38.1 Å².